The average molecular weight is 387 g/mol. The summed E-state index contributed by atoms with van der Waals surface area (Å²) >= 11 is 1.55. The number of aryl methyl sites for hydroxylation is 2. The molecule has 1 heterocycles. The van der Waals surface area contributed by atoms with Crippen molar-refractivity contribution < 1.29 is 14.1 Å². The number of amides is 1. The van der Waals surface area contributed by atoms with Crippen molar-refractivity contribution in [2.75, 3.05) is 32.1 Å². The van der Waals surface area contributed by atoms with Gasteiger partial charge in [-0.25, -0.2) is 9.37 Å². The van der Waals surface area contributed by atoms with Crippen LogP contribution in [-0.4, -0.2) is 38.1 Å². The summed E-state index contributed by atoms with van der Waals surface area (Å²) in [4.78, 5) is 20.9. The Labute approximate surface area is 163 Å². The van der Waals surface area contributed by atoms with Crippen molar-refractivity contribution in [3.05, 3.63) is 58.9 Å². The number of halogens is 1. The summed E-state index contributed by atoms with van der Waals surface area (Å²) in [5.74, 6) is -0.312. The average Bonchev–Trinajstić information content (AvgIpc) is 3.05. The number of aromatic nitrogens is 1. The largest absolute Gasteiger partial charge is 0.338 e. The van der Waals surface area contributed by atoms with Gasteiger partial charge in [-0.05, 0) is 48.7 Å². The first-order valence-electron chi connectivity index (χ1n) is 9.05. The zero-order valence-electron chi connectivity index (χ0n) is 16.2. The Bertz CT molecular complexity index is 950. The van der Waals surface area contributed by atoms with E-state index < -0.39 is 0 Å². The van der Waals surface area contributed by atoms with Crippen molar-refractivity contribution in [2.24, 2.45) is 0 Å². The first kappa shape index (κ1) is 19.5. The molecule has 0 unspecified atom stereocenters. The number of quaternary nitrogens is 1. The molecule has 0 aliphatic rings. The van der Waals surface area contributed by atoms with Crippen LogP contribution in [0.3, 0.4) is 0 Å². The van der Waals surface area contributed by atoms with Crippen LogP contribution in [0.4, 0.5) is 9.52 Å². The van der Waals surface area contributed by atoms with Crippen LogP contribution in [0, 0.1) is 19.7 Å². The monoisotopic (exact) mass is 386 g/mol. The van der Waals surface area contributed by atoms with Crippen LogP contribution in [0.25, 0.3) is 10.2 Å². The molecule has 142 valence electrons. The molecule has 0 fully saturated rings. The van der Waals surface area contributed by atoms with Crippen molar-refractivity contribution in [3.8, 4) is 0 Å². The first-order chi connectivity index (χ1) is 12.8. The van der Waals surface area contributed by atoms with Gasteiger partial charge in [-0.2, -0.15) is 0 Å². The molecule has 0 atom stereocenters. The molecule has 1 N–H and O–H groups in total. The number of likely N-dealkylation sites (N-methyl/N-ethyl adjacent to an activating group) is 1. The molecule has 4 nitrogen and oxygen atoms in total. The minimum atomic E-state index is -0.295. The summed E-state index contributed by atoms with van der Waals surface area (Å²) in [5, 5.41) is 0.729. The summed E-state index contributed by atoms with van der Waals surface area (Å²) in [6.07, 6.45) is 0.233. The summed E-state index contributed by atoms with van der Waals surface area (Å²) in [6, 6.07) is 10.3. The lowest BCUT2D eigenvalue weighted by atomic mass is 10.1. The predicted octanol–water partition coefficient (Wildman–Crippen LogP) is 2.77. The third kappa shape index (κ3) is 4.51. The van der Waals surface area contributed by atoms with E-state index in [1.807, 2.05) is 0 Å². The van der Waals surface area contributed by atoms with Gasteiger partial charge in [0, 0.05) is 0 Å². The fourth-order valence-electron chi connectivity index (χ4n) is 2.86. The number of nitrogens with zero attached hydrogens (tertiary/aromatic N) is 2. The van der Waals surface area contributed by atoms with Gasteiger partial charge in [0.25, 0.3) is 0 Å². The molecule has 0 saturated heterocycles. The highest BCUT2D eigenvalue weighted by molar-refractivity contribution is 7.22. The Balaban J connectivity index is 1.91. The van der Waals surface area contributed by atoms with Crippen molar-refractivity contribution >= 4 is 32.6 Å². The summed E-state index contributed by atoms with van der Waals surface area (Å²) in [7, 11) is 4.13. The third-order valence-electron chi connectivity index (χ3n) is 4.71. The van der Waals surface area contributed by atoms with Gasteiger partial charge in [0.2, 0.25) is 5.91 Å². The second kappa shape index (κ2) is 8.15. The number of carbonyl (C=O) groups is 1. The number of fused-ring (bicyclic) bond motifs is 1. The van der Waals surface area contributed by atoms with Crippen LogP contribution in [0.1, 0.15) is 16.7 Å². The Kier molecular flexibility index (Phi) is 5.87. The lowest BCUT2D eigenvalue weighted by Gasteiger charge is -2.20. The smallest absolute Gasteiger partial charge is 0.233 e. The Hall–Kier alpha value is -2.31. The van der Waals surface area contributed by atoms with E-state index in [2.05, 4.69) is 40.1 Å². The minimum absolute atomic E-state index is 0.0173. The van der Waals surface area contributed by atoms with E-state index in [0.717, 1.165) is 33.0 Å². The molecule has 1 aromatic heterocycles. The first-order valence-corrected chi connectivity index (χ1v) is 9.87. The molecule has 3 aromatic rings. The van der Waals surface area contributed by atoms with Gasteiger partial charge in [0.1, 0.15) is 5.82 Å². The van der Waals surface area contributed by atoms with Crippen LogP contribution in [0.5, 0.6) is 0 Å². The second-order valence-corrected chi connectivity index (χ2v) is 8.17. The fourth-order valence-corrected chi connectivity index (χ4v) is 3.93. The van der Waals surface area contributed by atoms with Crippen LogP contribution in [0.15, 0.2) is 36.4 Å². The fraction of sp³-hybridized carbons (Fsp3) is 0.333. The van der Waals surface area contributed by atoms with Crippen LogP contribution in [0.2, 0.25) is 0 Å². The highest BCUT2D eigenvalue weighted by Gasteiger charge is 2.21. The van der Waals surface area contributed by atoms with E-state index in [1.54, 1.807) is 28.4 Å². The van der Waals surface area contributed by atoms with E-state index in [4.69, 9.17) is 4.98 Å². The molecule has 0 bridgehead atoms. The molecule has 0 aliphatic carbocycles. The molecule has 0 aliphatic heterocycles. The summed E-state index contributed by atoms with van der Waals surface area (Å²) < 4.78 is 14.2. The number of thiazole rings is 1. The zero-order chi connectivity index (χ0) is 19.6. The molecule has 0 spiro atoms. The molecule has 2 aromatic carbocycles. The lowest BCUT2D eigenvalue weighted by molar-refractivity contribution is -0.856. The Morgan fingerprint density at radius 1 is 1.15 bits per heavy atom. The summed E-state index contributed by atoms with van der Waals surface area (Å²) in [5.41, 5.74) is 4.11. The third-order valence-corrected chi connectivity index (χ3v) is 5.75. The second-order valence-electron chi connectivity index (χ2n) is 7.16. The highest BCUT2D eigenvalue weighted by Crippen LogP contribution is 2.32. The molecule has 0 radical (unpaired) electrons. The maximum Gasteiger partial charge on any atom is 0.233 e. The lowest BCUT2D eigenvalue weighted by Crippen LogP contribution is -3.06. The minimum Gasteiger partial charge on any atom is -0.338 e. The predicted molar refractivity (Wildman–Crippen MR) is 109 cm³/mol. The van der Waals surface area contributed by atoms with E-state index >= 15 is 0 Å². The van der Waals surface area contributed by atoms with Crippen molar-refractivity contribution in [1.29, 1.82) is 0 Å². The van der Waals surface area contributed by atoms with Crippen molar-refractivity contribution in [3.63, 3.8) is 0 Å². The number of anilines is 1. The standard InChI is InChI=1S/C21H24FN3OS/c1-14-5-10-18-20(15(14)2)23-21(27-18)25(12-11-24(3)4)19(26)13-16-6-8-17(22)9-7-16/h5-10H,11-13H2,1-4H3/p+1. The van der Waals surface area contributed by atoms with Gasteiger partial charge < -0.3 is 4.90 Å². The van der Waals surface area contributed by atoms with Crippen LogP contribution < -0.4 is 9.80 Å². The molecule has 27 heavy (non-hydrogen) atoms. The number of hydrogen-bond donors (Lipinski definition) is 1. The van der Waals surface area contributed by atoms with E-state index in [9.17, 15) is 9.18 Å². The van der Waals surface area contributed by atoms with Gasteiger partial charge in [-0.15, -0.1) is 0 Å². The van der Waals surface area contributed by atoms with Crippen LogP contribution >= 0.6 is 11.3 Å². The molecule has 1 amide bonds. The van der Waals surface area contributed by atoms with Gasteiger partial charge in [0.15, 0.2) is 5.13 Å². The van der Waals surface area contributed by atoms with Gasteiger partial charge in [-0.3, -0.25) is 9.69 Å². The van der Waals surface area contributed by atoms with E-state index in [-0.39, 0.29) is 18.1 Å². The topological polar surface area (TPSA) is 37.6 Å². The molecule has 0 saturated carbocycles. The number of hydrogen-bond acceptors (Lipinski definition) is 3. The Morgan fingerprint density at radius 3 is 2.52 bits per heavy atom. The van der Waals surface area contributed by atoms with Gasteiger partial charge in [-0.1, -0.05) is 29.5 Å². The summed E-state index contributed by atoms with van der Waals surface area (Å²) in [6.45, 7) is 5.56. The number of rotatable bonds is 6. The quantitative estimate of drug-likeness (QED) is 0.707. The maximum absolute atomic E-state index is 13.1. The van der Waals surface area contributed by atoms with E-state index in [1.165, 1.54) is 22.6 Å². The van der Waals surface area contributed by atoms with E-state index in [0.29, 0.717) is 6.54 Å². The number of nitrogens with one attached hydrogen (secondary N) is 1. The molecule has 3 rings (SSSR count). The van der Waals surface area contributed by atoms with Gasteiger partial charge >= 0.3 is 0 Å². The molecule has 6 heteroatoms. The number of benzene rings is 2. The van der Waals surface area contributed by atoms with Crippen molar-refractivity contribution in [2.45, 2.75) is 20.3 Å². The number of carbonyl (C=O) groups excluding carboxylic acids is 1. The SMILES string of the molecule is Cc1ccc2sc(N(CC[NH+](C)C)C(=O)Cc3ccc(F)cc3)nc2c1C. The molecular weight excluding hydrogens is 361 g/mol. The van der Waals surface area contributed by atoms with Gasteiger partial charge in [0.05, 0.1) is 43.8 Å². The maximum atomic E-state index is 13.1. The Morgan fingerprint density at radius 2 is 1.85 bits per heavy atom. The zero-order valence-corrected chi connectivity index (χ0v) is 17.0. The normalized spacial score (nSPS) is 11.3. The molecular formula is C21H25FN3OS+. The van der Waals surface area contributed by atoms with Crippen LogP contribution in [-0.2, 0) is 11.2 Å². The van der Waals surface area contributed by atoms with Crippen molar-refractivity contribution in [1.82, 2.24) is 4.98 Å². The highest BCUT2D eigenvalue weighted by atomic mass is 32.1.